The van der Waals surface area contributed by atoms with Gasteiger partial charge in [0.25, 0.3) is 6.47 Å². The second-order valence-corrected chi connectivity index (χ2v) is 6.98. The molecular weight excluding hydrogens is 366 g/mol. The zero-order valence-corrected chi connectivity index (χ0v) is 13.2. The minimum Gasteiger partial charge on any atom is -0.483 e. The van der Waals surface area contributed by atoms with Crippen LogP contribution < -0.4 is 0 Å². The zero-order chi connectivity index (χ0) is 16.0. The average molecular weight is 380 g/mol. The Balaban J connectivity index is 0.000000677. The smallest absolute Gasteiger partial charge is 0.322 e. The SMILES string of the molecule is O=C(O)[C@H]1CCCN1S(=O)(=O)c1ccc(Br)cc1.O=CO. The number of carboxylic acid groups (broad SMARTS) is 2. The molecule has 7 nitrogen and oxygen atoms in total. The summed E-state index contributed by atoms with van der Waals surface area (Å²) in [6.07, 6.45) is 0.942. The minimum absolute atomic E-state index is 0.124. The topological polar surface area (TPSA) is 112 Å². The molecule has 1 aromatic carbocycles. The number of nitrogens with zero attached hydrogens (tertiary/aromatic N) is 1. The molecule has 1 aliphatic heterocycles. The van der Waals surface area contributed by atoms with Gasteiger partial charge in [-0.2, -0.15) is 4.31 Å². The number of carboxylic acids is 1. The predicted molar refractivity (Wildman–Crippen MR) is 77.4 cm³/mol. The quantitative estimate of drug-likeness (QED) is 0.767. The van der Waals surface area contributed by atoms with Gasteiger partial charge in [-0.1, -0.05) is 15.9 Å². The van der Waals surface area contributed by atoms with E-state index in [1.54, 1.807) is 12.1 Å². The molecule has 0 bridgehead atoms. The van der Waals surface area contributed by atoms with Crippen LogP contribution in [0.25, 0.3) is 0 Å². The van der Waals surface area contributed by atoms with Crippen molar-refractivity contribution in [1.29, 1.82) is 0 Å². The summed E-state index contributed by atoms with van der Waals surface area (Å²) in [6, 6.07) is 5.24. The van der Waals surface area contributed by atoms with E-state index in [2.05, 4.69) is 15.9 Å². The van der Waals surface area contributed by atoms with E-state index in [9.17, 15) is 13.2 Å². The molecule has 9 heteroatoms. The number of aliphatic carboxylic acids is 1. The first-order valence-electron chi connectivity index (χ1n) is 5.92. The maximum absolute atomic E-state index is 12.3. The average Bonchev–Trinajstić information content (AvgIpc) is 2.90. The van der Waals surface area contributed by atoms with E-state index in [1.165, 1.54) is 12.1 Å². The first-order chi connectivity index (χ1) is 9.84. The molecule has 0 unspecified atom stereocenters. The van der Waals surface area contributed by atoms with Gasteiger partial charge in [0.2, 0.25) is 10.0 Å². The monoisotopic (exact) mass is 379 g/mol. The van der Waals surface area contributed by atoms with Crippen molar-refractivity contribution >= 4 is 38.4 Å². The zero-order valence-electron chi connectivity index (χ0n) is 10.8. The van der Waals surface area contributed by atoms with Gasteiger partial charge < -0.3 is 10.2 Å². The van der Waals surface area contributed by atoms with Crippen molar-refractivity contribution < 1.29 is 28.2 Å². The molecule has 21 heavy (non-hydrogen) atoms. The molecule has 1 heterocycles. The Morgan fingerprint density at radius 3 is 2.33 bits per heavy atom. The number of halogens is 1. The van der Waals surface area contributed by atoms with Gasteiger partial charge in [-0.05, 0) is 37.1 Å². The minimum atomic E-state index is -3.72. The Morgan fingerprint density at radius 1 is 1.33 bits per heavy atom. The van der Waals surface area contributed by atoms with Crippen LogP contribution in [0, 0.1) is 0 Å². The van der Waals surface area contributed by atoms with Crippen LogP contribution in [-0.4, -0.2) is 48.0 Å². The van der Waals surface area contributed by atoms with Crippen LogP contribution in [0.2, 0.25) is 0 Å². The van der Waals surface area contributed by atoms with Gasteiger partial charge in [0, 0.05) is 11.0 Å². The number of hydrogen-bond acceptors (Lipinski definition) is 4. The van der Waals surface area contributed by atoms with Crippen LogP contribution >= 0.6 is 15.9 Å². The Morgan fingerprint density at radius 2 is 1.86 bits per heavy atom. The molecule has 1 atom stereocenters. The fourth-order valence-corrected chi connectivity index (χ4v) is 3.93. The Labute approximate surface area is 130 Å². The molecule has 1 aromatic rings. The molecular formula is C12H14BrNO6S. The number of carbonyl (C=O) groups is 2. The summed E-state index contributed by atoms with van der Waals surface area (Å²) in [7, 11) is -3.72. The fraction of sp³-hybridized carbons (Fsp3) is 0.333. The van der Waals surface area contributed by atoms with E-state index in [4.69, 9.17) is 15.0 Å². The predicted octanol–water partition coefficient (Wildman–Crippen LogP) is 1.39. The molecule has 0 saturated carbocycles. The summed E-state index contributed by atoms with van der Waals surface area (Å²) in [5, 5.41) is 15.9. The molecule has 1 aliphatic rings. The molecule has 0 radical (unpaired) electrons. The fourth-order valence-electron chi connectivity index (χ4n) is 2.02. The van der Waals surface area contributed by atoms with Gasteiger partial charge in [0.15, 0.2) is 0 Å². The van der Waals surface area contributed by atoms with Gasteiger partial charge in [-0.25, -0.2) is 8.42 Å². The van der Waals surface area contributed by atoms with E-state index in [0.717, 1.165) is 8.78 Å². The van der Waals surface area contributed by atoms with Crippen LogP contribution in [0.15, 0.2) is 33.6 Å². The highest BCUT2D eigenvalue weighted by atomic mass is 79.9. The highest BCUT2D eigenvalue weighted by molar-refractivity contribution is 9.10. The van der Waals surface area contributed by atoms with Crippen molar-refractivity contribution in [3.8, 4) is 0 Å². The third-order valence-electron chi connectivity index (χ3n) is 2.91. The van der Waals surface area contributed by atoms with Crippen molar-refractivity contribution in [3.05, 3.63) is 28.7 Å². The molecule has 2 rings (SSSR count). The van der Waals surface area contributed by atoms with Crippen LogP contribution in [0.1, 0.15) is 12.8 Å². The maximum atomic E-state index is 12.3. The lowest BCUT2D eigenvalue weighted by Crippen LogP contribution is -2.40. The Bertz CT molecular complexity index is 601. The summed E-state index contributed by atoms with van der Waals surface area (Å²) in [5.41, 5.74) is 0. The third kappa shape index (κ3) is 4.26. The third-order valence-corrected chi connectivity index (χ3v) is 5.36. The standard InChI is InChI=1S/C11H12BrNO4S.CH2O2/c12-8-3-5-9(6-4-8)18(16,17)13-7-1-2-10(13)11(14)15;2-1-3/h3-6,10H,1-2,7H2,(H,14,15);1H,(H,2,3)/t10-;/m1./s1. The summed E-state index contributed by atoms with van der Waals surface area (Å²) < 4.78 is 26.5. The first-order valence-corrected chi connectivity index (χ1v) is 8.16. The number of benzene rings is 1. The van der Waals surface area contributed by atoms with Crippen LogP contribution in [0.5, 0.6) is 0 Å². The van der Waals surface area contributed by atoms with E-state index in [-0.39, 0.29) is 17.9 Å². The summed E-state index contributed by atoms with van der Waals surface area (Å²) >= 11 is 3.23. The van der Waals surface area contributed by atoms with Crippen molar-refractivity contribution in [1.82, 2.24) is 4.31 Å². The van der Waals surface area contributed by atoms with Gasteiger partial charge in [0.1, 0.15) is 6.04 Å². The lowest BCUT2D eigenvalue weighted by molar-refractivity contribution is -0.140. The van der Waals surface area contributed by atoms with Gasteiger partial charge in [-0.15, -0.1) is 0 Å². The Kier molecular flexibility index (Phi) is 6.31. The second kappa shape index (κ2) is 7.53. The van der Waals surface area contributed by atoms with E-state index in [0.29, 0.717) is 12.8 Å². The van der Waals surface area contributed by atoms with E-state index in [1.807, 2.05) is 0 Å². The van der Waals surface area contributed by atoms with Crippen LogP contribution in [-0.2, 0) is 19.6 Å². The van der Waals surface area contributed by atoms with Crippen molar-refractivity contribution in [3.63, 3.8) is 0 Å². The number of sulfonamides is 1. The highest BCUT2D eigenvalue weighted by Gasteiger charge is 2.39. The van der Waals surface area contributed by atoms with Gasteiger partial charge >= 0.3 is 5.97 Å². The molecule has 0 aliphatic carbocycles. The maximum Gasteiger partial charge on any atom is 0.322 e. The van der Waals surface area contributed by atoms with Crippen molar-refractivity contribution in [2.24, 2.45) is 0 Å². The molecule has 116 valence electrons. The lowest BCUT2D eigenvalue weighted by atomic mass is 10.2. The Hall–Kier alpha value is -1.45. The summed E-state index contributed by atoms with van der Waals surface area (Å²) in [4.78, 5) is 19.5. The first kappa shape index (κ1) is 17.6. The van der Waals surface area contributed by atoms with Gasteiger partial charge in [0.05, 0.1) is 4.90 Å². The highest BCUT2D eigenvalue weighted by Crippen LogP contribution is 2.26. The molecule has 0 aromatic heterocycles. The summed E-state index contributed by atoms with van der Waals surface area (Å²) in [5.74, 6) is -1.09. The lowest BCUT2D eigenvalue weighted by Gasteiger charge is -2.20. The van der Waals surface area contributed by atoms with Crippen molar-refractivity contribution in [2.75, 3.05) is 6.54 Å². The van der Waals surface area contributed by atoms with Gasteiger partial charge in [-0.3, -0.25) is 9.59 Å². The number of rotatable bonds is 3. The molecule has 0 spiro atoms. The number of hydrogen-bond donors (Lipinski definition) is 2. The molecule has 1 saturated heterocycles. The van der Waals surface area contributed by atoms with Crippen LogP contribution in [0.4, 0.5) is 0 Å². The second-order valence-electron chi connectivity index (χ2n) is 4.17. The molecule has 2 N–H and O–H groups in total. The molecule has 1 fully saturated rings. The van der Waals surface area contributed by atoms with E-state index >= 15 is 0 Å². The van der Waals surface area contributed by atoms with Crippen molar-refractivity contribution in [2.45, 2.75) is 23.8 Å². The van der Waals surface area contributed by atoms with E-state index < -0.39 is 22.0 Å². The largest absolute Gasteiger partial charge is 0.483 e. The van der Waals surface area contributed by atoms with Crippen LogP contribution in [0.3, 0.4) is 0 Å². The molecule has 0 amide bonds. The normalized spacial score (nSPS) is 18.6. The summed E-state index contributed by atoms with van der Waals surface area (Å²) in [6.45, 7) is 0.00929.